The molecular weight excluding hydrogens is 554 g/mol. The minimum absolute atomic E-state index is 0.0150. The number of nitrogens with zero attached hydrogens (tertiary/aromatic N) is 6. The van der Waals surface area contributed by atoms with Gasteiger partial charge in [0.1, 0.15) is 17.5 Å². The van der Waals surface area contributed by atoms with Gasteiger partial charge in [0.05, 0.1) is 31.5 Å². The van der Waals surface area contributed by atoms with E-state index in [-0.39, 0.29) is 80.6 Å². The summed E-state index contributed by atoms with van der Waals surface area (Å²) >= 11 is 0. The van der Waals surface area contributed by atoms with E-state index < -0.39 is 29.7 Å². The van der Waals surface area contributed by atoms with Crippen LogP contribution in [0.1, 0.15) is 23.3 Å². The summed E-state index contributed by atoms with van der Waals surface area (Å²) in [5, 5.41) is 5.29. The van der Waals surface area contributed by atoms with E-state index in [1.807, 2.05) is 0 Å². The molecule has 4 heterocycles. The zero-order chi connectivity index (χ0) is 29.4. The van der Waals surface area contributed by atoms with Crippen LogP contribution < -0.4 is 20.4 Å². The molecule has 15 heteroatoms. The lowest BCUT2D eigenvalue weighted by Gasteiger charge is -2.36. The molecule has 0 radical (unpaired) electrons. The van der Waals surface area contributed by atoms with Crippen molar-refractivity contribution in [2.24, 2.45) is 5.92 Å². The van der Waals surface area contributed by atoms with E-state index >= 15 is 8.78 Å². The number of cyclic esters (lactones) is 1. The normalized spacial score (nSPS) is 18.8. The van der Waals surface area contributed by atoms with Crippen molar-refractivity contribution in [2.75, 3.05) is 55.6 Å². The van der Waals surface area contributed by atoms with Crippen molar-refractivity contribution in [2.45, 2.75) is 18.9 Å². The first kappa shape index (κ1) is 27.4. The summed E-state index contributed by atoms with van der Waals surface area (Å²) in [5.41, 5.74) is 0.409. The van der Waals surface area contributed by atoms with Gasteiger partial charge in [-0.3, -0.25) is 24.3 Å². The first-order chi connectivity index (χ1) is 20.3. The van der Waals surface area contributed by atoms with E-state index in [0.717, 1.165) is 29.9 Å². The lowest BCUT2D eigenvalue weighted by Crippen LogP contribution is -2.51. The summed E-state index contributed by atoms with van der Waals surface area (Å²) in [4.78, 5) is 61.6. The summed E-state index contributed by atoms with van der Waals surface area (Å²) < 4.78 is 37.2. The van der Waals surface area contributed by atoms with Gasteiger partial charge in [-0.05, 0) is 12.8 Å². The molecular formula is C27H28F2N8O5. The molecule has 1 aromatic carbocycles. The van der Waals surface area contributed by atoms with E-state index in [9.17, 15) is 19.2 Å². The topological polar surface area (TPSA) is 141 Å². The van der Waals surface area contributed by atoms with Gasteiger partial charge >= 0.3 is 6.09 Å². The van der Waals surface area contributed by atoms with Crippen molar-refractivity contribution in [3.63, 3.8) is 0 Å². The quantitative estimate of drug-likeness (QED) is 0.400. The second-order valence-electron chi connectivity index (χ2n) is 10.4. The molecule has 3 aliphatic rings. The summed E-state index contributed by atoms with van der Waals surface area (Å²) in [6, 6.07) is 2.15. The number of piperazine rings is 1. The zero-order valence-electron chi connectivity index (χ0n) is 22.5. The maximum atomic E-state index is 15.2. The maximum Gasteiger partial charge on any atom is 0.414 e. The summed E-state index contributed by atoms with van der Waals surface area (Å²) in [6.07, 6.45) is 6.57. The smallest absolute Gasteiger partial charge is 0.414 e. The third-order valence-corrected chi connectivity index (χ3v) is 7.49. The van der Waals surface area contributed by atoms with Crippen molar-refractivity contribution >= 4 is 40.8 Å². The van der Waals surface area contributed by atoms with E-state index in [0.29, 0.717) is 5.65 Å². The number of ether oxygens (including phenoxy) is 1. The number of rotatable bonds is 8. The Balaban J connectivity index is 1.01. The Bertz CT molecular complexity index is 1500. The highest BCUT2D eigenvalue weighted by Gasteiger charge is 2.36. The Kier molecular flexibility index (Phi) is 7.31. The number of amides is 4. The average molecular weight is 583 g/mol. The molecule has 220 valence electrons. The fourth-order valence-electron chi connectivity index (χ4n) is 5.04. The number of imidazole rings is 1. The highest BCUT2D eigenvalue weighted by molar-refractivity contribution is 5.95. The van der Waals surface area contributed by atoms with Gasteiger partial charge in [-0.25, -0.2) is 18.6 Å². The first-order valence-corrected chi connectivity index (χ1v) is 13.6. The Hall–Kier alpha value is -4.82. The van der Waals surface area contributed by atoms with Crippen LogP contribution in [-0.4, -0.2) is 95.0 Å². The first-order valence-electron chi connectivity index (χ1n) is 13.6. The van der Waals surface area contributed by atoms with Crippen molar-refractivity contribution in [3.8, 4) is 0 Å². The second kappa shape index (κ2) is 11.2. The van der Waals surface area contributed by atoms with Crippen molar-refractivity contribution in [3.05, 3.63) is 54.2 Å². The molecule has 1 unspecified atom stereocenters. The molecule has 42 heavy (non-hydrogen) atoms. The summed E-state index contributed by atoms with van der Waals surface area (Å²) in [6.45, 7) is 0.657. The van der Waals surface area contributed by atoms with Crippen LogP contribution in [0.2, 0.25) is 0 Å². The number of hydrogen-bond donors (Lipinski definition) is 2. The number of anilines is 2. The molecule has 2 aromatic heterocycles. The standard InChI is InChI=1S/C27H28F2N8O5/c28-19-9-17(37-14-18(42-27(37)41)11-31-25(39)16-1-2-16)10-20(29)24(19)35-7-5-34(6-8-35)23(38)13-32-26(40)21-15-36-4-3-30-12-22(36)33-21/h3-4,9-10,12,15-16,18H,1-2,5-8,11,13-14H2,(H,31,39)(H,32,40). The van der Waals surface area contributed by atoms with Crippen molar-refractivity contribution in [1.29, 1.82) is 0 Å². The summed E-state index contributed by atoms with van der Waals surface area (Å²) in [5.74, 6) is -2.61. The number of aromatic nitrogens is 3. The molecule has 0 bridgehead atoms. The van der Waals surface area contributed by atoms with Gasteiger partial charge in [0.2, 0.25) is 11.8 Å². The molecule has 2 N–H and O–H groups in total. The van der Waals surface area contributed by atoms with Crippen LogP contribution in [0.3, 0.4) is 0 Å². The Morgan fingerprint density at radius 1 is 1.05 bits per heavy atom. The van der Waals surface area contributed by atoms with Crippen LogP contribution in [0.5, 0.6) is 0 Å². The van der Waals surface area contributed by atoms with Crippen LogP contribution in [0, 0.1) is 17.6 Å². The third-order valence-electron chi connectivity index (χ3n) is 7.49. The fraction of sp³-hybridized carbons (Fsp3) is 0.407. The van der Waals surface area contributed by atoms with Crippen molar-refractivity contribution in [1.82, 2.24) is 29.9 Å². The molecule has 4 amide bonds. The van der Waals surface area contributed by atoms with Crippen LogP contribution in [0.15, 0.2) is 36.9 Å². The van der Waals surface area contributed by atoms with Crippen molar-refractivity contribution < 1.29 is 32.7 Å². The highest BCUT2D eigenvalue weighted by atomic mass is 19.1. The van der Waals surface area contributed by atoms with E-state index in [1.165, 1.54) is 22.2 Å². The van der Waals surface area contributed by atoms with E-state index in [1.54, 1.807) is 16.8 Å². The van der Waals surface area contributed by atoms with Crippen LogP contribution in [-0.2, 0) is 14.3 Å². The van der Waals surface area contributed by atoms with Gasteiger partial charge in [0.15, 0.2) is 17.3 Å². The summed E-state index contributed by atoms with van der Waals surface area (Å²) in [7, 11) is 0. The number of carbonyl (C=O) groups is 4. The van der Waals surface area contributed by atoms with Gasteiger partial charge in [-0.15, -0.1) is 0 Å². The number of benzene rings is 1. The van der Waals surface area contributed by atoms with E-state index in [2.05, 4.69) is 20.6 Å². The van der Waals surface area contributed by atoms with E-state index in [4.69, 9.17) is 4.74 Å². The molecule has 2 saturated heterocycles. The molecule has 1 saturated carbocycles. The minimum Gasteiger partial charge on any atom is -0.442 e. The highest BCUT2D eigenvalue weighted by Crippen LogP contribution is 2.32. The zero-order valence-corrected chi connectivity index (χ0v) is 22.5. The van der Waals surface area contributed by atoms with Gasteiger partial charge in [0.25, 0.3) is 5.91 Å². The molecule has 1 atom stereocenters. The van der Waals surface area contributed by atoms with Crippen LogP contribution in [0.25, 0.3) is 5.65 Å². The molecule has 6 rings (SSSR count). The minimum atomic E-state index is -0.849. The number of halogens is 2. The largest absolute Gasteiger partial charge is 0.442 e. The molecule has 0 spiro atoms. The SMILES string of the molecule is O=C(NCC(=O)N1CCN(c2c(F)cc(N3CC(CNC(=O)C4CC4)OC3=O)cc2F)CC1)c1cn2ccncc2n1. The predicted octanol–water partition coefficient (Wildman–Crippen LogP) is 0.938. The number of fused-ring (bicyclic) bond motifs is 1. The molecule has 3 fully saturated rings. The third kappa shape index (κ3) is 5.66. The molecule has 13 nitrogen and oxygen atoms in total. The van der Waals surface area contributed by atoms with Gasteiger partial charge < -0.3 is 29.6 Å². The molecule has 2 aliphatic heterocycles. The number of hydrogen-bond acceptors (Lipinski definition) is 8. The maximum absolute atomic E-state index is 15.2. The Labute approximate surface area is 238 Å². The monoisotopic (exact) mass is 582 g/mol. The van der Waals surface area contributed by atoms with Gasteiger partial charge in [-0.2, -0.15) is 0 Å². The second-order valence-corrected chi connectivity index (χ2v) is 10.4. The van der Waals surface area contributed by atoms with Gasteiger partial charge in [0, 0.05) is 62.8 Å². The predicted molar refractivity (Wildman–Crippen MR) is 144 cm³/mol. The van der Waals surface area contributed by atoms with Crippen LogP contribution >= 0.6 is 0 Å². The Morgan fingerprint density at radius 2 is 1.79 bits per heavy atom. The number of nitrogens with one attached hydrogen (secondary N) is 2. The number of carbonyl (C=O) groups excluding carboxylic acids is 4. The Morgan fingerprint density at radius 3 is 2.48 bits per heavy atom. The lowest BCUT2D eigenvalue weighted by atomic mass is 10.2. The van der Waals surface area contributed by atoms with Gasteiger partial charge in [-0.1, -0.05) is 0 Å². The lowest BCUT2D eigenvalue weighted by molar-refractivity contribution is -0.130. The fourth-order valence-corrected chi connectivity index (χ4v) is 5.04. The van der Waals surface area contributed by atoms with Crippen LogP contribution in [0.4, 0.5) is 25.0 Å². The average Bonchev–Trinajstić information content (AvgIpc) is 3.64. The molecule has 3 aromatic rings. The molecule has 1 aliphatic carbocycles.